The van der Waals surface area contributed by atoms with Gasteiger partial charge < -0.3 is 10.6 Å². The summed E-state index contributed by atoms with van der Waals surface area (Å²) in [7, 11) is -3.37. The molecule has 0 spiro atoms. The van der Waals surface area contributed by atoms with E-state index in [0.29, 0.717) is 18.5 Å². The molecule has 0 aliphatic heterocycles. The molecule has 7 heteroatoms. The van der Waals surface area contributed by atoms with E-state index in [0.717, 1.165) is 5.56 Å². The van der Waals surface area contributed by atoms with Gasteiger partial charge in [0.25, 0.3) is 5.91 Å². The summed E-state index contributed by atoms with van der Waals surface area (Å²) in [4.78, 5) is 24.1. The molecule has 6 nitrogen and oxygen atoms in total. The van der Waals surface area contributed by atoms with Crippen LogP contribution < -0.4 is 10.6 Å². The van der Waals surface area contributed by atoms with Crippen molar-refractivity contribution in [1.29, 1.82) is 0 Å². The van der Waals surface area contributed by atoms with Gasteiger partial charge >= 0.3 is 0 Å². The van der Waals surface area contributed by atoms with Crippen molar-refractivity contribution < 1.29 is 18.0 Å². The van der Waals surface area contributed by atoms with Crippen molar-refractivity contribution in [2.75, 3.05) is 13.1 Å². The zero-order valence-corrected chi connectivity index (χ0v) is 16.3. The first-order valence-corrected chi connectivity index (χ1v) is 10.3. The minimum atomic E-state index is -3.37. The normalized spacial score (nSPS) is 11.2. The van der Waals surface area contributed by atoms with E-state index in [1.54, 1.807) is 13.8 Å². The fourth-order valence-corrected chi connectivity index (χ4v) is 3.44. The summed E-state index contributed by atoms with van der Waals surface area (Å²) in [6, 6.07) is 15.5. The summed E-state index contributed by atoms with van der Waals surface area (Å²) in [5.41, 5.74) is 1.42. The molecule has 0 radical (unpaired) electrons. The molecule has 0 saturated carbocycles. The van der Waals surface area contributed by atoms with Crippen molar-refractivity contribution in [3.8, 4) is 0 Å². The van der Waals surface area contributed by atoms with E-state index in [1.165, 1.54) is 24.3 Å². The van der Waals surface area contributed by atoms with Gasteiger partial charge in [-0.2, -0.15) is 0 Å². The number of nitrogens with one attached hydrogen (secondary N) is 2. The summed E-state index contributed by atoms with van der Waals surface area (Å²) in [5.74, 6) is -0.708. The Morgan fingerprint density at radius 1 is 0.926 bits per heavy atom. The lowest BCUT2D eigenvalue weighted by Crippen LogP contribution is -2.37. The minimum absolute atomic E-state index is 0.139. The molecule has 0 unspecified atom stereocenters. The lowest BCUT2D eigenvalue weighted by Gasteiger charge is -2.09. The third-order valence-corrected chi connectivity index (χ3v) is 6.22. The van der Waals surface area contributed by atoms with Crippen LogP contribution in [0.4, 0.5) is 0 Å². The average molecular weight is 388 g/mol. The molecule has 2 amide bonds. The largest absolute Gasteiger partial charge is 0.354 e. The van der Waals surface area contributed by atoms with E-state index in [2.05, 4.69) is 10.6 Å². The number of amides is 2. The van der Waals surface area contributed by atoms with Crippen LogP contribution in [0.1, 0.15) is 29.8 Å². The molecule has 2 rings (SSSR count). The minimum Gasteiger partial charge on any atom is -0.354 e. The molecular weight excluding hydrogens is 364 g/mol. The number of carbonyl (C=O) groups is 2. The van der Waals surface area contributed by atoms with Crippen molar-refractivity contribution in [2.45, 2.75) is 30.4 Å². The molecule has 2 N–H and O–H groups in total. The second-order valence-corrected chi connectivity index (χ2v) is 8.89. The smallest absolute Gasteiger partial charge is 0.251 e. The highest BCUT2D eigenvalue weighted by Crippen LogP contribution is 2.16. The standard InChI is InChI=1S/C20H24N2O4S/c1-15(2)27(25,26)18-10-8-17(9-11-18)20(24)22-14-19(23)21-13-12-16-6-4-3-5-7-16/h3-11,15H,12-14H2,1-2H3,(H,21,23)(H,22,24). The number of sulfone groups is 1. The molecular formula is C20H24N2O4S. The number of rotatable bonds is 8. The van der Waals surface area contributed by atoms with Gasteiger partial charge in [0.1, 0.15) is 0 Å². The second kappa shape index (κ2) is 9.32. The summed E-state index contributed by atoms with van der Waals surface area (Å²) in [6.45, 7) is 3.55. The summed E-state index contributed by atoms with van der Waals surface area (Å²) in [6.07, 6.45) is 0.715. The van der Waals surface area contributed by atoms with Gasteiger partial charge in [-0.25, -0.2) is 8.42 Å². The Bertz CT molecular complexity index is 876. The van der Waals surface area contributed by atoms with Gasteiger partial charge in [0.15, 0.2) is 9.84 Å². The molecule has 144 valence electrons. The Hall–Kier alpha value is -2.67. The molecule has 0 bridgehead atoms. The van der Waals surface area contributed by atoms with Crippen LogP contribution in [0.15, 0.2) is 59.5 Å². The van der Waals surface area contributed by atoms with Crippen LogP contribution in [-0.4, -0.2) is 38.6 Å². The van der Waals surface area contributed by atoms with Crippen LogP contribution in [0.25, 0.3) is 0 Å². The van der Waals surface area contributed by atoms with Crippen molar-refractivity contribution in [1.82, 2.24) is 10.6 Å². The molecule has 2 aromatic carbocycles. The number of carbonyl (C=O) groups excluding carboxylic acids is 2. The molecule has 2 aromatic rings. The number of hydrogen-bond donors (Lipinski definition) is 2. The van der Waals surface area contributed by atoms with E-state index in [-0.39, 0.29) is 17.3 Å². The molecule has 0 fully saturated rings. The lowest BCUT2D eigenvalue weighted by molar-refractivity contribution is -0.120. The van der Waals surface area contributed by atoms with Crippen molar-refractivity contribution in [3.05, 3.63) is 65.7 Å². The Labute approximate surface area is 159 Å². The first-order chi connectivity index (χ1) is 12.8. The molecule has 0 atom stereocenters. The van der Waals surface area contributed by atoms with Gasteiger partial charge in [0.05, 0.1) is 16.7 Å². The molecule has 0 aliphatic rings. The lowest BCUT2D eigenvalue weighted by atomic mass is 10.1. The average Bonchev–Trinajstić information content (AvgIpc) is 2.67. The summed E-state index contributed by atoms with van der Waals surface area (Å²) < 4.78 is 24.2. The molecule has 0 aliphatic carbocycles. The van der Waals surface area contributed by atoms with Crippen LogP contribution in [0.2, 0.25) is 0 Å². The van der Waals surface area contributed by atoms with Gasteiger partial charge in [-0.05, 0) is 50.1 Å². The van der Waals surface area contributed by atoms with E-state index in [4.69, 9.17) is 0 Å². The van der Waals surface area contributed by atoms with Crippen LogP contribution in [0, 0.1) is 0 Å². The zero-order chi connectivity index (χ0) is 19.9. The van der Waals surface area contributed by atoms with Crippen molar-refractivity contribution in [2.24, 2.45) is 0 Å². The van der Waals surface area contributed by atoms with Gasteiger partial charge in [-0.15, -0.1) is 0 Å². The first kappa shape index (κ1) is 20.6. The quantitative estimate of drug-likeness (QED) is 0.723. The Kier molecular flexibility index (Phi) is 7.12. The zero-order valence-electron chi connectivity index (χ0n) is 15.4. The van der Waals surface area contributed by atoms with Crippen LogP contribution in [-0.2, 0) is 21.1 Å². The monoisotopic (exact) mass is 388 g/mol. The van der Waals surface area contributed by atoms with Crippen molar-refractivity contribution >= 4 is 21.7 Å². The molecule has 0 aromatic heterocycles. The van der Waals surface area contributed by atoms with E-state index in [1.807, 2.05) is 30.3 Å². The van der Waals surface area contributed by atoms with Gasteiger partial charge in [-0.3, -0.25) is 9.59 Å². The molecule has 0 heterocycles. The topological polar surface area (TPSA) is 92.3 Å². The highest BCUT2D eigenvalue weighted by molar-refractivity contribution is 7.92. The van der Waals surface area contributed by atoms with E-state index < -0.39 is 21.0 Å². The SMILES string of the molecule is CC(C)S(=O)(=O)c1ccc(C(=O)NCC(=O)NCCc2ccccc2)cc1. The van der Waals surface area contributed by atoms with Gasteiger partial charge in [0, 0.05) is 12.1 Å². The highest BCUT2D eigenvalue weighted by atomic mass is 32.2. The first-order valence-electron chi connectivity index (χ1n) is 8.73. The predicted molar refractivity (Wildman–Crippen MR) is 104 cm³/mol. The number of hydrogen-bond acceptors (Lipinski definition) is 4. The maximum atomic E-state index is 12.1. The van der Waals surface area contributed by atoms with Crippen LogP contribution >= 0.6 is 0 Å². The Balaban J connectivity index is 1.80. The predicted octanol–water partition coefficient (Wildman–Crippen LogP) is 1.96. The summed E-state index contributed by atoms with van der Waals surface area (Å²) >= 11 is 0. The third kappa shape index (κ3) is 5.92. The molecule has 0 saturated heterocycles. The van der Waals surface area contributed by atoms with Crippen LogP contribution in [0.3, 0.4) is 0 Å². The van der Waals surface area contributed by atoms with Gasteiger partial charge in [-0.1, -0.05) is 30.3 Å². The Morgan fingerprint density at radius 3 is 2.15 bits per heavy atom. The maximum Gasteiger partial charge on any atom is 0.251 e. The third-order valence-electron chi connectivity index (χ3n) is 4.05. The van der Waals surface area contributed by atoms with Gasteiger partial charge in [0.2, 0.25) is 5.91 Å². The second-order valence-electron chi connectivity index (χ2n) is 6.39. The molecule has 27 heavy (non-hydrogen) atoms. The fourth-order valence-electron chi connectivity index (χ4n) is 2.38. The fraction of sp³-hybridized carbons (Fsp3) is 0.300. The summed E-state index contributed by atoms with van der Waals surface area (Å²) in [5, 5.41) is 4.74. The Morgan fingerprint density at radius 2 is 1.56 bits per heavy atom. The van der Waals surface area contributed by atoms with E-state index in [9.17, 15) is 18.0 Å². The van der Waals surface area contributed by atoms with Crippen LogP contribution in [0.5, 0.6) is 0 Å². The number of benzene rings is 2. The highest BCUT2D eigenvalue weighted by Gasteiger charge is 2.19. The van der Waals surface area contributed by atoms with Crippen molar-refractivity contribution in [3.63, 3.8) is 0 Å². The van der Waals surface area contributed by atoms with E-state index >= 15 is 0 Å². The maximum absolute atomic E-state index is 12.1.